The van der Waals surface area contributed by atoms with Crippen LogP contribution in [0.2, 0.25) is 0 Å². The second-order valence-electron chi connectivity index (χ2n) is 6.11. The van der Waals surface area contributed by atoms with Crippen LogP contribution in [0.3, 0.4) is 0 Å². The monoisotopic (exact) mass is 276 g/mol. The number of rotatable bonds is 5. The van der Waals surface area contributed by atoms with Crippen molar-refractivity contribution in [1.82, 2.24) is 4.98 Å². The average molecular weight is 276 g/mol. The van der Waals surface area contributed by atoms with E-state index in [0.717, 1.165) is 24.6 Å². The number of nitrogens with zero attached hydrogens (tertiary/aromatic N) is 2. The molecule has 3 N–H and O–H groups in total. The predicted octanol–water partition coefficient (Wildman–Crippen LogP) is 2.14. The number of aromatic nitrogens is 1. The third-order valence-electron chi connectivity index (χ3n) is 3.46. The Hall–Kier alpha value is -1.62. The molecule has 0 aromatic carbocycles. The van der Waals surface area contributed by atoms with E-state index >= 15 is 0 Å². The zero-order valence-electron chi connectivity index (χ0n) is 12.4. The third-order valence-corrected chi connectivity index (χ3v) is 3.46. The quantitative estimate of drug-likeness (QED) is 0.864. The minimum Gasteiger partial charge on any atom is -0.355 e. The van der Waals surface area contributed by atoms with Gasteiger partial charge < -0.3 is 16.0 Å². The molecular formula is C15H24N4O. The lowest BCUT2D eigenvalue weighted by molar-refractivity contribution is -0.116. The second kappa shape index (κ2) is 6.22. The van der Waals surface area contributed by atoms with Gasteiger partial charge in [0.25, 0.3) is 0 Å². The fourth-order valence-electron chi connectivity index (χ4n) is 2.32. The van der Waals surface area contributed by atoms with Gasteiger partial charge in [0.05, 0.1) is 5.69 Å². The summed E-state index contributed by atoms with van der Waals surface area (Å²) in [5.41, 5.74) is 6.39. The van der Waals surface area contributed by atoms with Crippen LogP contribution in [0.15, 0.2) is 18.3 Å². The van der Waals surface area contributed by atoms with Gasteiger partial charge in [-0.25, -0.2) is 4.98 Å². The van der Waals surface area contributed by atoms with E-state index in [4.69, 9.17) is 5.73 Å². The number of carbonyl (C=O) groups is 1. The molecule has 1 amide bonds. The number of nitrogens with one attached hydrogen (secondary N) is 1. The summed E-state index contributed by atoms with van der Waals surface area (Å²) >= 11 is 0. The Balaban J connectivity index is 2.00. The number of hydrogen-bond acceptors (Lipinski definition) is 4. The van der Waals surface area contributed by atoms with Crippen LogP contribution in [0, 0.1) is 0 Å². The van der Waals surface area contributed by atoms with Gasteiger partial charge in [-0.1, -0.05) is 0 Å². The Bertz CT molecular complexity index is 461. The Kier molecular flexibility index (Phi) is 4.60. The predicted molar refractivity (Wildman–Crippen MR) is 81.8 cm³/mol. The van der Waals surface area contributed by atoms with Gasteiger partial charge in [-0.15, -0.1) is 0 Å². The van der Waals surface area contributed by atoms with Gasteiger partial charge in [-0.05, 0) is 45.2 Å². The molecule has 20 heavy (non-hydrogen) atoms. The maximum atomic E-state index is 12.0. The van der Waals surface area contributed by atoms with Crippen LogP contribution in [0.1, 0.15) is 39.5 Å². The van der Waals surface area contributed by atoms with Crippen LogP contribution in [-0.4, -0.2) is 29.5 Å². The lowest BCUT2D eigenvalue weighted by Crippen LogP contribution is -2.33. The lowest BCUT2D eigenvalue weighted by atomic mass is 10.00. The summed E-state index contributed by atoms with van der Waals surface area (Å²) in [6, 6.07) is 3.76. The van der Waals surface area contributed by atoms with E-state index < -0.39 is 0 Å². The molecule has 2 rings (SSSR count). The molecule has 5 heteroatoms. The summed E-state index contributed by atoms with van der Waals surface area (Å²) in [7, 11) is 0. The van der Waals surface area contributed by atoms with Crippen LogP contribution in [0.25, 0.3) is 0 Å². The molecule has 2 heterocycles. The van der Waals surface area contributed by atoms with E-state index in [1.165, 1.54) is 12.8 Å². The Morgan fingerprint density at radius 2 is 2.15 bits per heavy atom. The number of nitrogens with two attached hydrogens (primary N) is 1. The Labute approximate surface area is 120 Å². The minimum atomic E-state index is -0.315. The summed E-state index contributed by atoms with van der Waals surface area (Å²) in [5, 5.41) is 2.96. The first-order chi connectivity index (χ1) is 9.46. The summed E-state index contributed by atoms with van der Waals surface area (Å²) in [4.78, 5) is 18.6. The smallest absolute Gasteiger partial charge is 0.224 e. The molecule has 1 saturated heterocycles. The fourth-order valence-corrected chi connectivity index (χ4v) is 2.32. The molecule has 1 aliphatic rings. The van der Waals surface area contributed by atoms with Crippen LogP contribution in [0.5, 0.6) is 0 Å². The topological polar surface area (TPSA) is 71.2 Å². The summed E-state index contributed by atoms with van der Waals surface area (Å²) in [5.74, 6) is 0.877. The number of hydrogen-bond donors (Lipinski definition) is 2. The van der Waals surface area contributed by atoms with E-state index in [2.05, 4.69) is 15.2 Å². The number of amides is 1. The van der Waals surface area contributed by atoms with E-state index in [1.54, 1.807) is 6.20 Å². The standard InChI is InChI=1S/C15H24N4O/c1-15(2,16)8-7-13(20)18-12-6-5-9-17-14(12)19-10-3-4-11-19/h5-6,9H,3-4,7-8,10-11,16H2,1-2H3,(H,18,20). The first-order valence-corrected chi connectivity index (χ1v) is 7.24. The van der Waals surface area contributed by atoms with Gasteiger partial charge >= 0.3 is 0 Å². The van der Waals surface area contributed by atoms with Gasteiger partial charge in [-0.3, -0.25) is 4.79 Å². The van der Waals surface area contributed by atoms with E-state index in [0.29, 0.717) is 12.8 Å². The van der Waals surface area contributed by atoms with Crippen LogP contribution in [0.4, 0.5) is 11.5 Å². The largest absolute Gasteiger partial charge is 0.355 e. The van der Waals surface area contributed by atoms with Gasteiger partial charge in [0.2, 0.25) is 5.91 Å². The average Bonchev–Trinajstić information content (AvgIpc) is 2.90. The van der Waals surface area contributed by atoms with Gasteiger partial charge in [0, 0.05) is 31.2 Å². The van der Waals surface area contributed by atoms with E-state index in [-0.39, 0.29) is 11.4 Å². The molecule has 1 aromatic heterocycles. The minimum absolute atomic E-state index is 0.00280. The second-order valence-corrected chi connectivity index (χ2v) is 6.11. The first kappa shape index (κ1) is 14.8. The van der Waals surface area contributed by atoms with Crippen LogP contribution >= 0.6 is 0 Å². The highest BCUT2D eigenvalue weighted by atomic mass is 16.1. The van der Waals surface area contributed by atoms with E-state index in [9.17, 15) is 4.79 Å². The molecule has 0 spiro atoms. The molecule has 0 bridgehead atoms. The van der Waals surface area contributed by atoms with Crippen molar-refractivity contribution in [3.8, 4) is 0 Å². The lowest BCUT2D eigenvalue weighted by Gasteiger charge is -2.21. The highest BCUT2D eigenvalue weighted by Gasteiger charge is 2.19. The molecule has 0 atom stereocenters. The maximum Gasteiger partial charge on any atom is 0.224 e. The zero-order chi connectivity index (χ0) is 14.6. The van der Waals surface area contributed by atoms with Gasteiger partial charge in [0.1, 0.15) is 0 Å². The van der Waals surface area contributed by atoms with Gasteiger partial charge in [0.15, 0.2) is 5.82 Å². The van der Waals surface area contributed by atoms with Crippen molar-refractivity contribution in [1.29, 1.82) is 0 Å². The molecule has 0 aliphatic carbocycles. The molecule has 0 radical (unpaired) electrons. The number of carbonyl (C=O) groups excluding carboxylic acids is 1. The first-order valence-electron chi connectivity index (χ1n) is 7.24. The molecule has 5 nitrogen and oxygen atoms in total. The molecule has 1 aliphatic heterocycles. The number of anilines is 2. The molecular weight excluding hydrogens is 252 g/mol. The van der Waals surface area contributed by atoms with Crippen molar-refractivity contribution in [3.05, 3.63) is 18.3 Å². The van der Waals surface area contributed by atoms with Crippen molar-refractivity contribution >= 4 is 17.4 Å². The third kappa shape index (κ3) is 4.20. The Morgan fingerprint density at radius 1 is 1.45 bits per heavy atom. The van der Waals surface area contributed by atoms with Crippen LogP contribution < -0.4 is 16.0 Å². The molecule has 1 aromatic rings. The highest BCUT2D eigenvalue weighted by Crippen LogP contribution is 2.26. The Morgan fingerprint density at radius 3 is 2.80 bits per heavy atom. The molecule has 0 saturated carbocycles. The van der Waals surface area contributed by atoms with Crippen LogP contribution in [-0.2, 0) is 4.79 Å². The van der Waals surface area contributed by atoms with Crippen molar-refractivity contribution in [2.45, 2.75) is 45.1 Å². The summed E-state index contributed by atoms with van der Waals surface area (Å²) < 4.78 is 0. The maximum absolute atomic E-state index is 12.0. The number of pyridine rings is 1. The zero-order valence-corrected chi connectivity index (χ0v) is 12.4. The normalized spacial score (nSPS) is 15.4. The van der Waals surface area contributed by atoms with Crippen molar-refractivity contribution < 1.29 is 4.79 Å². The van der Waals surface area contributed by atoms with Gasteiger partial charge in [-0.2, -0.15) is 0 Å². The molecule has 0 unspecified atom stereocenters. The van der Waals surface area contributed by atoms with E-state index in [1.807, 2.05) is 26.0 Å². The SMILES string of the molecule is CC(C)(N)CCC(=O)Nc1cccnc1N1CCCC1. The van der Waals surface area contributed by atoms with Crippen molar-refractivity contribution in [2.24, 2.45) is 5.73 Å². The molecule has 110 valence electrons. The van der Waals surface area contributed by atoms with Crippen molar-refractivity contribution in [2.75, 3.05) is 23.3 Å². The summed E-state index contributed by atoms with van der Waals surface area (Å²) in [6.07, 6.45) is 5.24. The highest BCUT2D eigenvalue weighted by molar-refractivity contribution is 5.93. The molecule has 1 fully saturated rings. The fraction of sp³-hybridized carbons (Fsp3) is 0.600. The summed E-state index contributed by atoms with van der Waals surface area (Å²) in [6.45, 7) is 5.88. The van der Waals surface area contributed by atoms with Crippen molar-refractivity contribution in [3.63, 3.8) is 0 Å².